The molecule has 0 saturated carbocycles. The highest BCUT2D eigenvalue weighted by molar-refractivity contribution is 5.81. The van der Waals surface area contributed by atoms with Gasteiger partial charge in [-0.15, -0.1) is 5.10 Å². The number of hydrogen-bond donors (Lipinski definition) is 1. The molecule has 0 fully saturated rings. The van der Waals surface area contributed by atoms with Crippen molar-refractivity contribution in [2.24, 2.45) is 0 Å². The van der Waals surface area contributed by atoms with Crippen LogP contribution in [0.2, 0.25) is 0 Å². The van der Waals surface area contributed by atoms with Gasteiger partial charge in [0.1, 0.15) is 11.8 Å². The van der Waals surface area contributed by atoms with Crippen LogP contribution in [-0.2, 0) is 19.6 Å². The van der Waals surface area contributed by atoms with Crippen LogP contribution in [0.4, 0.5) is 0 Å². The van der Waals surface area contributed by atoms with Crippen molar-refractivity contribution >= 4 is 10.9 Å². The molecule has 0 aliphatic carbocycles. The third-order valence-electron chi connectivity index (χ3n) is 7.29. The van der Waals surface area contributed by atoms with E-state index < -0.39 is 6.04 Å². The number of tetrazole rings is 1. The Morgan fingerprint density at radius 2 is 1.60 bits per heavy atom. The van der Waals surface area contributed by atoms with Gasteiger partial charge in [-0.05, 0) is 82.2 Å². The Labute approximate surface area is 231 Å². The number of nitrogens with zero attached hydrogens (tertiary/aromatic N) is 5. The summed E-state index contributed by atoms with van der Waals surface area (Å²) in [6.07, 6.45) is 1.67. The summed E-state index contributed by atoms with van der Waals surface area (Å²) in [5.74, 6) is 1.37. The molecule has 1 atom stereocenters. The van der Waals surface area contributed by atoms with Crippen LogP contribution in [0, 0.1) is 13.8 Å². The van der Waals surface area contributed by atoms with Gasteiger partial charge in [0.05, 0.1) is 19.4 Å². The minimum absolute atomic E-state index is 0.174. The van der Waals surface area contributed by atoms with E-state index in [9.17, 15) is 4.79 Å². The third kappa shape index (κ3) is 5.34. The highest BCUT2D eigenvalue weighted by Gasteiger charge is 2.31. The lowest BCUT2D eigenvalue weighted by Gasteiger charge is -2.30. The number of aryl methyl sites for hydroxylation is 2. The lowest BCUT2D eigenvalue weighted by atomic mass is 10.00. The van der Waals surface area contributed by atoms with Crippen LogP contribution in [-0.4, -0.2) is 30.1 Å². The normalized spacial score (nSPS) is 12.3. The van der Waals surface area contributed by atoms with Gasteiger partial charge in [-0.3, -0.25) is 9.69 Å². The molecule has 0 saturated heterocycles. The molecule has 3 aromatic carbocycles. The van der Waals surface area contributed by atoms with E-state index in [1.165, 1.54) is 0 Å². The fraction of sp³-hybridized carbons (Fsp3) is 0.188. The summed E-state index contributed by atoms with van der Waals surface area (Å²) in [7, 11) is 0. The van der Waals surface area contributed by atoms with E-state index >= 15 is 0 Å². The first-order valence-electron chi connectivity index (χ1n) is 13.3. The average molecular weight is 531 g/mol. The van der Waals surface area contributed by atoms with Gasteiger partial charge in [-0.1, -0.05) is 60.7 Å². The number of furan rings is 1. The van der Waals surface area contributed by atoms with Gasteiger partial charge >= 0.3 is 0 Å². The van der Waals surface area contributed by atoms with Gasteiger partial charge in [0.15, 0.2) is 5.82 Å². The van der Waals surface area contributed by atoms with Crippen LogP contribution in [0.3, 0.4) is 0 Å². The second-order valence-electron chi connectivity index (χ2n) is 10.1. The summed E-state index contributed by atoms with van der Waals surface area (Å²) < 4.78 is 7.56. The molecule has 3 heterocycles. The maximum atomic E-state index is 13.8. The number of rotatable bonds is 9. The quantitative estimate of drug-likeness (QED) is 0.263. The Morgan fingerprint density at radius 1 is 0.875 bits per heavy atom. The largest absolute Gasteiger partial charge is 0.468 e. The van der Waals surface area contributed by atoms with E-state index in [-0.39, 0.29) is 5.56 Å². The van der Waals surface area contributed by atoms with Gasteiger partial charge in [0.2, 0.25) is 0 Å². The van der Waals surface area contributed by atoms with E-state index in [4.69, 9.17) is 4.42 Å². The first kappa shape index (κ1) is 25.5. The zero-order valence-corrected chi connectivity index (χ0v) is 22.5. The molecule has 6 aromatic rings. The molecule has 200 valence electrons. The second-order valence-corrected chi connectivity index (χ2v) is 10.1. The molecule has 3 aromatic heterocycles. The van der Waals surface area contributed by atoms with Crippen LogP contribution in [0.25, 0.3) is 10.9 Å². The molecule has 0 unspecified atom stereocenters. The highest BCUT2D eigenvalue weighted by Crippen LogP contribution is 2.31. The Morgan fingerprint density at radius 3 is 2.33 bits per heavy atom. The molecule has 0 spiro atoms. The Hall–Kier alpha value is -4.82. The van der Waals surface area contributed by atoms with Crippen molar-refractivity contribution in [1.82, 2.24) is 30.1 Å². The van der Waals surface area contributed by atoms with Crippen molar-refractivity contribution in [3.63, 3.8) is 0 Å². The predicted octanol–water partition coefficient (Wildman–Crippen LogP) is 5.56. The zero-order chi connectivity index (χ0) is 27.5. The number of fused-ring (bicyclic) bond motifs is 1. The maximum absolute atomic E-state index is 13.8. The van der Waals surface area contributed by atoms with Crippen LogP contribution < -0.4 is 5.56 Å². The molecule has 0 aliphatic heterocycles. The van der Waals surface area contributed by atoms with Gasteiger partial charge in [0.25, 0.3) is 5.56 Å². The van der Waals surface area contributed by atoms with Crippen LogP contribution in [0.5, 0.6) is 0 Å². The molecule has 40 heavy (non-hydrogen) atoms. The molecular weight excluding hydrogens is 500 g/mol. The van der Waals surface area contributed by atoms with Crippen molar-refractivity contribution < 1.29 is 4.42 Å². The van der Waals surface area contributed by atoms with Crippen molar-refractivity contribution in [3.8, 4) is 0 Å². The van der Waals surface area contributed by atoms with Gasteiger partial charge < -0.3 is 9.40 Å². The fourth-order valence-corrected chi connectivity index (χ4v) is 5.13. The van der Waals surface area contributed by atoms with Crippen molar-refractivity contribution in [2.45, 2.75) is 39.5 Å². The lowest BCUT2D eigenvalue weighted by Crippen LogP contribution is -2.34. The summed E-state index contributed by atoms with van der Waals surface area (Å²) >= 11 is 0. The summed E-state index contributed by atoms with van der Waals surface area (Å²) in [6.45, 7) is 5.61. The summed E-state index contributed by atoms with van der Waals surface area (Å²) in [6, 6.07) is 29.6. The molecule has 0 amide bonds. The Balaban J connectivity index is 1.53. The van der Waals surface area contributed by atoms with E-state index in [0.717, 1.165) is 38.9 Å². The Bertz CT molecular complexity index is 1780. The van der Waals surface area contributed by atoms with Crippen molar-refractivity contribution in [1.29, 1.82) is 0 Å². The molecule has 8 heteroatoms. The van der Waals surface area contributed by atoms with Gasteiger partial charge in [-0.25, -0.2) is 4.68 Å². The minimum atomic E-state index is -0.557. The van der Waals surface area contributed by atoms with Gasteiger partial charge in [-0.2, -0.15) is 0 Å². The molecule has 1 N–H and O–H groups in total. The average Bonchev–Trinajstić information content (AvgIpc) is 3.64. The van der Waals surface area contributed by atoms with Crippen LogP contribution >= 0.6 is 0 Å². The molecule has 0 radical (unpaired) electrons. The first-order chi connectivity index (χ1) is 19.5. The number of nitrogens with one attached hydrogen (secondary N) is 1. The fourth-order valence-electron chi connectivity index (χ4n) is 5.13. The van der Waals surface area contributed by atoms with E-state index in [0.29, 0.717) is 31.0 Å². The minimum Gasteiger partial charge on any atom is -0.468 e. The maximum Gasteiger partial charge on any atom is 0.253 e. The van der Waals surface area contributed by atoms with Crippen LogP contribution in [0.15, 0.2) is 106 Å². The SMILES string of the molecule is Cc1cc2cc([C@@H](c3nnnn3Cc3ccccc3)N(Cc3ccccc3)Cc3ccco3)c(=O)[nH]c2cc1C. The monoisotopic (exact) mass is 530 g/mol. The van der Waals surface area contributed by atoms with E-state index in [1.54, 1.807) is 10.9 Å². The molecular formula is C32H30N6O2. The number of aromatic amines is 1. The number of aromatic nitrogens is 5. The van der Waals surface area contributed by atoms with E-state index in [1.807, 2.05) is 79.7 Å². The number of benzene rings is 3. The third-order valence-corrected chi connectivity index (χ3v) is 7.29. The first-order valence-corrected chi connectivity index (χ1v) is 13.3. The lowest BCUT2D eigenvalue weighted by molar-refractivity contribution is 0.179. The molecule has 0 aliphatic rings. The summed E-state index contributed by atoms with van der Waals surface area (Å²) in [4.78, 5) is 19.1. The molecule has 8 nitrogen and oxygen atoms in total. The number of hydrogen-bond acceptors (Lipinski definition) is 6. The number of pyridine rings is 1. The number of H-pyrrole nitrogens is 1. The summed E-state index contributed by atoms with van der Waals surface area (Å²) in [5, 5.41) is 13.9. The van der Waals surface area contributed by atoms with Gasteiger partial charge in [0, 0.05) is 17.6 Å². The van der Waals surface area contributed by atoms with Crippen molar-refractivity contribution in [3.05, 3.63) is 147 Å². The smallest absolute Gasteiger partial charge is 0.253 e. The summed E-state index contributed by atoms with van der Waals surface area (Å²) in [5.41, 5.74) is 5.66. The topological polar surface area (TPSA) is 92.8 Å². The second kappa shape index (κ2) is 11.1. The Kier molecular flexibility index (Phi) is 7.08. The highest BCUT2D eigenvalue weighted by atomic mass is 16.3. The molecule has 6 rings (SSSR count). The van der Waals surface area contributed by atoms with Crippen LogP contribution in [0.1, 0.15) is 45.4 Å². The molecule has 0 bridgehead atoms. The predicted molar refractivity (Wildman–Crippen MR) is 154 cm³/mol. The zero-order valence-electron chi connectivity index (χ0n) is 22.5. The van der Waals surface area contributed by atoms with Crippen molar-refractivity contribution in [2.75, 3.05) is 0 Å². The van der Waals surface area contributed by atoms with E-state index in [2.05, 4.69) is 50.5 Å². The standard InChI is InChI=1S/C32H30N6O2/c1-22-16-26-18-28(32(39)33-29(26)17-23(22)2)30(31-34-35-36-38(31)20-25-12-7-4-8-13-25)37(21-27-14-9-15-40-27)19-24-10-5-3-6-11-24/h3-18,30H,19-21H2,1-2H3,(H,33,39)/t30-/m0/s1.